The third kappa shape index (κ3) is 4.64. The Labute approximate surface area is 146 Å². The molecule has 3 atom stereocenters. The molecular weight excluding hydrogens is 323 g/mol. The van der Waals surface area contributed by atoms with Crippen LogP contribution in [0.25, 0.3) is 0 Å². The van der Waals surface area contributed by atoms with Crippen LogP contribution in [0.3, 0.4) is 0 Å². The third-order valence-electron chi connectivity index (χ3n) is 4.45. The van der Waals surface area contributed by atoms with Crippen molar-refractivity contribution in [3.8, 4) is 5.75 Å². The summed E-state index contributed by atoms with van der Waals surface area (Å²) in [5, 5.41) is 16.7. The highest BCUT2D eigenvalue weighted by Gasteiger charge is 2.35. The standard InChI is InChI=1S/C18H23FN4O2/c1-20-18-22-9-12(10-23-18)8-21-11-13-2-7-16(17(13)24)25-15-5-3-14(19)4-6-15/h3-6,9-10,13,16-17,21,24H,2,7-8,11H2,1H3,(H,20,22,23)/t13-,16-,17-/m1/s1. The number of aliphatic hydroxyl groups is 1. The summed E-state index contributed by atoms with van der Waals surface area (Å²) in [5.41, 5.74) is 0.991. The highest BCUT2D eigenvalue weighted by molar-refractivity contribution is 5.23. The summed E-state index contributed by atoms with van der Waals surface area (Å²) in [7, 11) is 1.78. The van der Waals surface area contributed by atoms with Crippen molar-refractivity contribution in [2.24, 2.45) is 5.92 Å². The van der Waals surface area contributed by atoms with Gasteiger partial charge in [0.25, 0.3) is 0 Å². The van der Waals surface area contributed by atoms with E-state index < -0.39 is 6.10 Å². The fourth-order valence-electron chi connectivity index (χ4n) is 3.04. The summed E-state index contributed by atoms with van der Waals surface area (Å²) in [6.45, 7) is 1.34. The molecule has 1 aromatic carbocycles. The second-order valence-electron chi connectivity index (χ2n) is 6.23. The molecule has 134 valence electrons. The molecule has 2 aromatic rings. The lowest BCUT2D eigenvalue weighted by molar-refractivity contribution is 0.0349. The number of aliphatic hydroxyl groups excluding tert-OH is 1. The van der Waals surface area contributed by atoms with Crippen molar-refractivity contribution >= 4 is 5.95 Å². The minimum absolute atomic E-state index is 0.128. The summed E-state index contributed by atoms with van der Waals surface area (Å²) in [5.74, 6) is 1.01. The SMILES string of the molecule is CNc1ncc(CNC[C@H]2CC[C@@H](Oc3ccc(F)cc3)[C@@H]2O)cn1. The number of benzene rings is 1. The fourth-order valence-corrected chi connectivity index (χ4v) is 3.04. The molecule has 3 rings (SSSR count). The van der Waals surface area contributed by atoms with E-state index in [1.807, 2.05) is 0 Å². The van der Waals surface area contributed by atoms with Crippen molar-refractivity contribution in [1.82, 2.24) is 15.3 Å². The molecule has 1 heterocycles. The van der Waals surface area contributed by atoms with E-state index in [9.17, 15) is 9.50 Å². The lowest BCUT2D eigenvalue weighted by Gasteiger charge is -2.21. The van der Waals surface area contributed by atoms with Gasteiger partial charge in [-0.2, -0.15) is 0 Å². The van der Waals surface area contributed by atoms with E-state index in [0.717, 1.165) is 18.4 Å². The number of nitrogens with one attached hydrogen (secondary N) is 2. The number of hydrogen-bond donors (Lipinski definition) is 3. The average Bonchev–Trinajstić information content (AvgIpc) is 2.98. The molecule has 0 unspecified atom stereocenters. The van der Waals surface area contributed by atoms with E-state index in [1.54, 1.807) is 31.6 Å². The van der Waals surface area contributed by atoms with Crippen LogP contribution in [0.2, 0.25) is 0 Å². The van der Waals surface area contributed by atoms with E-state index in [2.05, 4.69) is 20.6 Å². The Morgan fingerprint density at radius 1 is 1.20 bits per heavy atom. The number of rotatable bonds is 7. The molecule has 0 amide bonds. The van der Waals surface area contributed by atoms with Gasteiger partial charge in [-0.25, -0.2) is 14.4 Å². The van der Waals surface area contributed by atoms with Crippen molar-refractivity contribution in [2.45, 2.75) is 31.6 Å². The number of hydrogen-bond acceptors (Lipinski definition) is 6. The molecule has 0 saturated heterocycles. The Morgan fingerprint density at radius 2 is 1.92 bits per heavy atom. The molecule has 1 aliphatic rings. The number of aromatic nitrogens is 2. The van der Waals surface area contributed by atoms with Crippen LogP contribution in [0.15, 0.2) is 36.7 Å². The molecule has 1 aromatic heterocycles. The van der Waals surface area contributed by atoms with Gasteiger partial charge < -0.3 is 20.5 Å². The van der Waals surface area contributed by atoms with Gasteiger partial charge in [0.05, 0.1) is 6.10 Å². The predicted octanol–water partition coefficient (Wildman–Crippen LogP) is 1.97. The zero-order chi connectivity index (χ0) is 17.6. The topological polar surface area (TPSA) is 79.3 Å². The highest BCUT2D eigenvalue weighted by atomic mass is 19.1. The molecule has 6 nitrogen and oxygen atoms in total. The highest BCUT2D eigenvalue weighted by Crippen LogP contribution is 2.29. The normalized spacial score (nSPS) is 22.8. The molecule has 3 N–H and O–H groups in total. The zero-order valence-electron chi connectivity index (χ0n) is 14.2. The van der Waals surface area contributed by atoms with Crippen molar-refractivity contribution in [1.29, 1.82) is 0 Å². The maximum Gasteiger partial charge on any atom is 0.222 e. The average molecular weight is 346 g/mol. The van der Waals surface area contributed by atoms with Crippen molar-refractivity contribution < 1.29 is 14.2 Å². The zero-order valence-corrected chi connectivity index (χ0v) is 14.2. The Bertz CT molecular complexity index is 666. The van der Waals surface area contributed by atoms with Gasteiger partial charge in [-0.3, -0.25) is 0 Å². The Morgan fingerprint density at radius 3 is 2.60 bits per heavy atom. The van der Waals surface area contributed by atoms with Crippen molar-refractivity contribution in [3.63, 3.8) is 0 Å². The van der Waals surface area contributed by atoms with Gasteiger partial charge in [-0.05, 0) is 37.1 Å². The summed E-state index contributed by atoms with van der Waals surface area (Å²) < 4.78 is 18.7. The lowest BCUT2D eigenvalue weighted by atomic mass is 10.1. The second kappa shape index (κ2) is 8.22. The van der Waals surface area contributed by atoms with Crippen LogP contribution in [0.1, 0.15) is 18.4 Å². The minimum Gasteiger partial charge on any atom is -0.488 e. The first-order chi connectivity index (χ1) is 12.2. The first-order valence-electron chi connectivity index (χ1n) is 8.45. The van der Waals surface area contributed by atoms with Crippen LogP contribution in [0.5, 0.6) is 5.75 Å². The van der Waals surface area contributed by atoms with E-state index in [4.69, 9.17) is 4.74 Å². The summed E-state index contributed by atoms with van der Waals surface area (Å²) in [6, 6.07) is 5.89. The molecule has 0 spiro atoms. The van der Waals surface area contributed by atoms with Gasteiger partial charge in [0.15, 0.2) is 0 Å². The lowest BCUT2D eigenvalue weighted by Crippen LogP contribution is -2.35. The van der Waals surface area contributed by atoms with Gasteiger partial charge in [0, 0.05) is 44.0 Å². The number of ether oxygens (including phenoxy) is 1. The molecule has 1 saturated carbocycles. The number of anilines is 1. The van der Waals surface area contributed by atoms with Crippen LogP contribution in [-0.4, -0.2) is 40.9 Å². The summed E-state index contributed by atoms with van der Waals surface area (Å²) in [4.78, 5) is 8.34. The third-order valence-corrected chi connectivity index (χ3v) is 4.45. The van der Waals surface area contributed by atoms with Crippen LogP contribution < -0.4 is 15.4 Å². The molecule has 25 heavy (non-hydrogen) atoms. The maximum absolute atomic E-state index is 12.9. The first-order valence-corrected chi connectivity index (χ1v) is 8.45. The van der Waals surface area contributed by atoms with Crippen molar-refractivity contribution in [2.75, 3.05) is 18.9 Å². The predicted molar refractivity (Wildman–Crippen MR) is 92.8 cm³/mol. The van der Waals surface area contributed by atoms with Gasteiger partial charge in [0.1, 0.15) is 17.7 Å². The fraction of sp³-hybridized carbons (Fsp3) is 0.444. The van der Waals surface area contributed by atoms with Crippen LogP contribution in [-0.2, 0) is 6.54 Å². The first kappa shape index (κ1) is 17.6. The second-order valence-corrected chi connectivity index (χ2v) is 6.23. The molecule has 7 heteroatoms. The molecule has 0 bridgehead atoms. The molecule has 0 aliphatic heterocycles. The molecular formula is C18H23FN4O2. The van der Waals surface area contributed by atoms with Crippen LogP contribution in [0.4, 0.5) is 10.3 Å². The van der Waals surface area contributed by atoms with Crippen LogP contribution >= 0.6 is 0 Å². The van der Waals surface area contributed by atoms with E-state index in [-0.39, 0.29) is 17.8 Å². The van der Waals surface area contributed by atoms with Crippen molar-refractivity contribution in [3.05, 3.63) is 48.0 Å². The van der Waals surface area contributed by atoms with E-state index in [0.29, 0.717) is 24.8 Å². The number of halogens is 1. The molecule has 1 aliphatic carbocycles. The van der Waals surface area contributed by atoms with Gasteiger partial charge >= 0.3 is 0 Å². The maximum atomic E-state index is 12.9. The van der Waals surface area contributed by atoms with Gasteiger partial charge in [-0.1, -0.05) is 0 Å². The van der Waals surface area contributed by atoms with Crippen LogP contribution in [0, 0.1) is 11.7 Å². The largest absolute Gasteiger partial charge is 0.488 e. The van der Waals surface area contributed by atoms with Gasteiger partial charge in [0.2, 0.25) is 5.95 Å². The Kier molecular flexibility index (Phi) is 5.78. The molecule has 1 fully saturated rings. The quantitative estimate of drug-likeness (QED) is 0.711. The monoisotopic (exact) mass is 346 g/mol. The minimum atomic E-state index is -0.541. The smallest absolute Gasteiger partial charge is 0.222 e. The number of nitrogens with zero attached hydrogens (tertiary/aromatic N) is 2. The Hall–Kier alpha value is -2.25. The molecule has 0 radical (unpaired) electrons. The van der Waals surface area contributed by atoms with Gasteiger partial charge in [-0.15, -0.1) is 0 Å². The summed E-state index contributed by atoms with van der Waals surface area (Å²) >= 11 is 0. The van der Waals surface area contributed by atoms with E-state index >= 15 is 0 Å². The van der Waals surface area contributed by atoms with E-state index in [1.165, 1.54) is 12.1 Å². The summed E-state index contributed by atoms with van der Waals surface area (Å²) in [6.07, 6.45) is 4.42. The Balaban J connectivity index is 1.45.